The molecule has 6 heteroatoms. The lowest BCUT2D eigenvalue weighted by molar-refractivity contribution is -0.270. The molecule has 1 atom stereocenters. The van der Waals surface area contributed by atoms with E-state index in [2.05, 4.69) is 36.4 Å². The quantitative estimate of drug-likeness (QED) is 0.336. The number of ether oxygens (including phenoxy) is 2. The molecule has 0 N–H and O–H groups in total. The number of benzene rings is 1. The Labute approximate surface area is 152 Å². The Hall–Kier alpha value is -0.860. The third kappa shape index (κ3) is 6.64. The molecule has 0 aromatic heterocycles. The number of hydrogen-bond donors (Lipinski definition) is 0. The Balaban J connectivity index is 2.77. The van der Waals surface area contributed by atoms with Gasteiger partial charge in [0.1, 0.15) is 0 Å². The van der Waals surface area contributed by atoms with Crippen molar-refractivity contribution < 1.29 is 19.1 Å². The number of nitrogens with zero attached hydrogens (tertiary/aromatic N) is 1. The van der Waals surface area contributed by atoms with Crippen molar-refractivity contribution in [3.8, 4) is 0 Å². The fourth-order valence-corrected chi connectivity index (χ4v) is 2.46. The van der Waals surface area contributed by atoms with E-state index in [1.807, 2.05) is 38.1 Å². The Bertz CT molecular complexity index is 493. The van der Waals surface area contributed by atoms with Crippen molar-refractivity contribution in [2.45, 2.75) is 46.4 Å². The van der Waals surface area contributed by atoms with Crippen LogP contribution in [0.5, 0.6) is 0 Å². The predicted molar refractivity (Wildman–Crippen MR) is 97.8 cm³/mol. The molecule has 1 rings (SSSR count). The van der Waals surface area contributed by atoms with E-state index in [9.17, 15) is 4.79 Å². The molecule has 0 aliphatic rings. The number of hydrogen-bond acceptors (Lipinski definition) is 4. The average Bonchev–Trinajstić information content (AvgIpc) is 2.48. The third-order valence-corrected chi connectivity index (χ3v) is 4.13. The molecular weight excluding hydrogens is 409 g/mol. The first-order chi connectivity index (χ1) is 10.9. The second-order valence-electron chi connectivity index (χ2n) is 5.91. The van der Waals surface area contributed by atoms with Crippen molar-refractivity contribution in [2.24, 2.45) is 5.92 Å². The molecule has 0 aliphatic heterocycles. The third-order valence-electron chi connectivity index (χ3n) is 3.15. The van der Waals surface area contributed by atoms with Crippen LogP contribution in [0.25, 0.3) is 0 Å². The standard InChI is InChI=1S/C17H26INO4/c1-12(2)10-11-22-17(20)19(13(3)4)23-16(21-5)14-8-6-7-9-15(14)18/h6-9,12-13,16H,10-11H2,1-5H3/t16-/m0/s1. The van der Waals surface area contributed by atoms with Crippen LogP contribution in [0.2, 0.25) is 0 Å². The summed E-state index contributed by atoms with van der Waals surface area (Å²) in [7, 11) is 1.55. The molecular formula is C17H26INO4. The van der Waals surface area contributed by atoms with Crippen LogP contribution >= 0.6 is 22.6 Å². The van der Waals surface area contributed by atoms with E-state index in [4.69, 9.17) is 14.3 Å². The number of halogens is 1. The summed E-state index contributed by atoms with van der Waals surface area (Å²) in [5.74, 6) is 0.480. The van der Waals surface area contributed by atoms with Crippen molar-refractivity contribution in [1.29, 1.82) is 0 Å². The van der Waals surface area contributed by atoms with Crippen molar-refractivity contribution in [3.05, 3.63) is 33.4 Å². The molecule has 130 valence electrons. The number of carbonyl (C=O) groups is 1. The highest BCUT2D eigenvalue weighted by Crippen LogP contribution is 2.25. The molecule has 0 heterocycles. The highest BCUT2D eigenvalue weighted by atomic mass is 127. The van der Waals surface area contributed by atoms with Gasteiger partial charge in [-0.1, -0.05) is 32.0 Å². The van der Waals surface area contributed by atoms with Crippen LogP contribution in [0.4, 0.5) is 4.79 Å². The van der Waals surface area contributed by atoms with E-state index in [1.165, 1.54) is 5.06 Å². The maximum atomic E-state index is 12.3. The molecule has 0 aliphatic carbocycles. The van der Waals surface area contributed by atoms with Crippen LogP contribution in [0.15, 0.2) is 24.3 Å². The van der Waals surface area contributed by atoms with E-state index in [-0.39, 0.29) is 6.04 Å². The minimum absolute atomic E-state index is 0.166. The minimum Gasteiger partial charge on any atom is -0.448 e. The first-order valence-corrected chi connectivity index (χ1v) is 8.84. The summed E-state index contributed by atoms with van der Waals surface area (Å²) in [5.41, 5.74) is 0.872. The van der Waals surface area contributed by atoms with Crippen molar-refractivity contribution in [1.82, 2.24) is 5.06 Å². The first kappa shape index (κ1) is 20.2. The summed E-state index contributed by atoms with van der Waals surface area (Å²) < 4.78 is 11.7. The van der Waals surface area contributed by atoms with Gasteiger partial charge in [0, 0.05) is 16.2 Å². The van der Waals surface area contributed by atoms with Gasteiger partial charge < -0.3 is 9.47 Å². The molecule has 1 aromatic carbocycles. The largest absolute Gasteiger partial charge is 0.448 e. The van der Waals surface area contributed by atoms with Gasteiger partial charge in [-0.05, 0) is 54.8 Å². The van der Waals surface area contributed by atoms with E-state index >= 15 is 0 Å². The average molecular weight is 435 g/mol. The zero-order valence-electron chi connectivity index (χ0n) is 14.4. The molecule has 5 nitrogen and oxygen atoms in total. The summed E-state index contributed by atoms with van der Waals surface area (Å²) in [4.78, 5) is 18.0. The topological polar surface area (TPSA) is 48.0 Å². The second kappa shape index (κ2) is 10.1. The van der Waals surface area contributed by atoms with Gasteiger partial charge in [0.25, 0.3) is 0 Å². The van der Waals surface area contributed by atoms with Crippen LogP contribution < -0.4 is 0 Å². The maximum absolute atomic E-state index is 12.3. The number of rotatable bonds is 8. The van der Waals surface area contributed by atoms with E-state index in [0.29, 0.717) is 12.5 Å². The van der Waals surface area contributed by atoms with Gasteiger partial charge in [0.2, 0.25) is 6.29 Å². The molecule has 0 bridgehead atoms. The summed E-state index contributed by atoms with van der Waals surface area (Å²) in [6.07, 6.45) is -0.334. The van der Waals surface area contributed by atoms with Crippen LogP contribution in [-0.4, -0.2) is 30.9 Å². The molecule has 0 saturated carbocycles. The SMILES string of the molecule is CO[C@@H](ON(C(=O)OCCC(C)C)C(C)C)c1ccccc1I. The van der Waals surface area contributed by atoms with Crippen LogP contribution in [0, 0.1) is 9.49 Å². The van der Waals surface area contributed by atoms with Crippen molar-refractivity contribution >= 4 is 28.7 Å². The van der Waals surface area contributed by atoms with Crippen molar-refractivity contribution in [2.75, 3.05) is 13.7 Å². The maximum Gasteiger partial charge on any atom is 0.434 e. The lowest BCUT2D eigenvalue weighted by Gasteiger charge is -2.29. The van der Waals surface area contributed by atoms with Gasteiger partial charge in [-0.2, -0.15) is 5.06 Å². The van der Waals surface area contributed by atoms with E-state index in [0.717, 1.165) is 15.6 Å². The zero-order chi connectivity index (χ0) is 17.4. The van der Waals surface area contributed by atoms with Crippen LogP contribution in [-0.2, 0) is 14.3 Å². The minimum atomic E-state index is -0.664. The second-order valence-corrected chi connectivity index (χ2v) is 7.07. The lowest BCUT2D eigenvalue weighted by atomic mass is 10.1. The number of carbonyl (C=O) groups excluding carboxylic acids is 1. The molecule has 0 fully saturated rings. The molecule has 0 saturated heterocycles. The van der Waals surface area contributed by atoms with E-state index in [1.54, 1.807) is 7.11 Å². The summed E-state index contributed by atoms with van der Waals surface area (Å²) in [6.45, 7) is 8.29. The predicted octanol–water partition coefficient (Wildman–Crippen LogP) is 4.76. The van der Waals surface area contributed by atoms with Crippen LogP contribution in [0.3, 0.4) is 0 Å². The van der Waals surface area contributed by atoms with Gasteiger partial charge >= 0.3 is 6.09 Å². The fourth-order valence-electron chi connectivity index (χ4n) is 1.82. The Morgan fingerprint density at radius 1 is 1.22 bits per heavy atom. The smallest absolute Gasteiger partial charge is 0.434 e. The van der Waals surface area contributed by atoms with E-state index < -0.39 is 12.4 Å². The van der Waals surface area contributed by atoms with Gasteiger partial charge in [-0.3, -0.25) is 0 Å². The van der Waals surface area contributed by atoms with Gasteiger partial charge in [0.15, 0.2) is 0 Å². The summed E-state index contributed by atoms with van der Waals surface area (Å²) >= 11 is 2.22. The summed E-state index contributed by atoms with van der Waals surface area (Å²) in [6, 6.07) is 7.57. The molecule has 0 radical (unpaired) electrons. The fraction of sp³-hybridized carbons (Fsp3) is 0.588. The molecule has 1 amide bonds. The summed E-state index contributed by atoms with van der Waals surface area (Å²) in [5, 5.41) is 1.23. The Morgan fingerprint density at radius 3 is 2.39 bits per heavy atom. The molecule has 1 aromatic rings. The number of amides is 1. The number of methoxy groups -OCH3 is 1. The highest BCUT2D eigenvalue weighted by molar-refractivity contribution is 14.1. The molecule has 0 unspecified atom stereocenters. The van der Waals surface area contributed by atoms with Gasteiger partial charge in [-0.25, -0.2) is 9.63 Å². The Kier molecular flexibility index (Phi) is 8.86. The first-order valence-electron chi connectivity index (χ1n) is 7.76. The number of hydroxylamine groups is 2. The highest BCUT2D eigenvalue weighted by Gasteiger charge is 2.26. The zero-order valence-corrected chi connectivity index (χ0v) is 16.6. The van der Waals surface area contributed by atoms with Gasteiger partial charge in [0.05, 0.1) is 12.6 Å². The van der Waals surface area contributed by atoms with Crippen molar-refractivity contribution in [3.63, 3.8) is 0 Å². The lowest BCUT2D eigenvalue weighted by Crippen LogP contribution is -2.39. The van der Waals surface area contributed by atoms with Gasteiger partial charge in [-0.15, -0.1) is 0 Å². The molecule has 23 heavy (non-hydrogen) atoms. The Morgan fingerprint density at radius 2 is 1.87 bits per heavy atom. The molecule has 0 spiro atoms. The monoisotopic (exact) mass is 435 g/mol. The van der Waals surface area contributed by atoms with Crippen LogP contribution in [0.1, 0.15) is 46.0 Å². The normalized spacial score (nSPS) is 12.5.